The monoisotopic (exact) mass is 1380 g/mol. The van der Waals surface area contributed by atoms with E-state index >= 15 is 0 Å². The van der Waals surface area contributed by atoms with Crippen LogP contribution in [-0.2, 0) is 53.6 Å². The average molecular weight is 1380 g/mol. The number of anilines is 2. The van der Waals surface area contributed by atoms with E-state index in [1.54, 1.807) is 35.9 Å². The number of likely N-dealkylation sites (N-methyl/N-ethyl adjacent to an activating group) is 1. The van der Waals surface area contributed by atoms with Crippen LogP contribution in [-0.4, -0.2) is 188 Å². The molecule has 0 unspecified atom stereocenters. The first kappa shape index (κ1) is 74.7. The number of carbonyl (C=O) groups is 5. The molecule has 1 spiro atoms. The van der Waals surface area contributed by atoms with E-state index < -0.39 is 52.5 Å². The van der Waals surface area contributed by atoms with Gasteiger partial charge in [-0.05, 0) is 130 Å². The molecule has 532 valence electrons. The Morgan fingerprint density at radius 3 is 1.98 bits per heavy atom. The second-order valence-electron chi connectivity index (χ2n) is 26.0. The maximum Gasteiger partial charge on any atom is 0.416 e. The fraction of sp³-hybridized carbons (Fsp3) is 0.473. The number of hydrogen-bond donors (Lipinski definition) is 2. The summed E-state index contributed by atoms with van der Waals surface area (Å²) in [6.45, 7) is 8.28. The van der Waals surface area contributed by atoms with Crippen LogP contribution >= 0.6 is 0 Å². The lowest BCUT2D eigenvalue weighted by Gasteiger charge is -2.44. The number of fused-ring (bicyclic) bond motifs is 2. The highest BCUT2D eigenvalue weighted by molar-refractivity contribution is 5.95. The van der Waals surface area contributed by atoms with Gasteiger partial charge in [-0.25, -0.2) is 19.2 Å². The van der Waals surface area contributed by atoms with E-state index in [-0.39, 0.29) is 54.7 Å². The molecule has 25 heteroatoms. The Morgan fingerprint density at radius 2 is 1.31 bits per heavy atom. The van der Waals surface area contributed by atoms with Crippen LogP contribution in [0.5, 0.6) is 0 Å². The van der Waals surface area contributed by atoms with Gasteiger partial charge < -0.3 is 48.9 Å². The Kier molecular flexibility index (Phi) is 25.7. The second kappa shape index (κ2) is 34.0. The van der Waals surface area contributed by atoms with Gasteiger partial charge in [-0.2, -0.15) is 26.3 Å². The van der Waals surface area contributed by atoms with Crippen LogP contribution in [0, 0.1) is 5.82 Å². The summed E-state index contributed by atoms with van der Waals surface area (Å²) in [6.07, 6.45) is 1.06. The van der Waals surface area contributed by atoms with Crippen molar-refractivity contribution < 1.29 is 68.9 Å². The molecule has 2 atom stereocenters. The second-order valence-corrected chi connectivity index (χ2v) is 26.0. The van der Waals surface area contributed by atoms with Crippen LogP contribution in [0.1, 0.15) is 126 Å². The van der Waals surface area contributed by atoms with Gasteiger partial charge in [0.2, 0.25) is 17.8 Å². The Bertz CT molecular complexity index is 3630. The molecule has 18 nitrogen and oxygen atoms in total. The molecule has 99 heavy (non-hydrogen) atoms. The number of aromatic nitrogens is 2. The molecular formula is C74H89F7N10O8. The number of ether oxygens (including phenoxy) is 3. The Morgan fingerprint density at radius 1 is 0.687 bits per heavy atom. The molecular weight excluding hydrogens is 1290 g/mol. The maximum atomic E-state index is 13.9. The standard InChI is InChI=1S/C40H56N8O5.C34H33F7N2O3/c1-5-36(49)45(2)23-14-24-47(4)38(51)32-29-42-39(43-30-32)41-22-13-7-10-19-37(50)46(3)27-28-48-25-20-33(21-26-48)53-40(52)44-35-18-12-11-17-34(35)31-15-8-6-9-16-31;1-45-29-18-22-4-2-3-5-28(22)31(29)10-13-42(14-11-31)15-12-32(24-6-8-27(35)9-7-24)20-43(21-46-32)30(44)23-16-25(33(36,37)38)19-26(17-23)34(39,40)41/h6,8-9,11-12,15-18,29-30,33H,5,7,10,13-14,19-28H2,1-4H3,(H,44,52)(H,41,42,43);2-9,16-17,19,29H,10-15,18,20-21H2,1H3/t;29-,32-/m.0/s1. The summed E-state index contributed by atoms with van der Waals surface area (Å²) >= 11 is 0. The molecule has 10 rings (SSSR count). The number of hydrogen-bond acceptors (Lipinski definition) is 13. The molecule has 6 aromatic rings. The number of methoxy groups -OCH3 is 1. The lowest BCUT2D eigenvalue weighted by molar-refractivity contribution is -0.143. The molecule has 2 N–H and O–H groups in total. The van der Waals surface area contributed by atoms with E-state index in [0.29, 0.717) is 87.6 Å². The summed E-state index contributed by atoms with van der Waals surface area (Å²) in [5, 5.41) is 6.11. The van der Waals surface area contributed by atoms with E-state index in [2.05, 4.69) is 42.5 Å². The molecule has 3 fully saturated rings. The van der Waals surface area contributed by atoms with Gasteiger partial charge in [0, 0.05) is 122 Å². The molecule has 0 radical (unpaired) electrons. The first-order chi connectivity index (χ1) is 47.4. The normalized spacial score (nSPS) is 17.9. The molecule has 4 aliphatic rings. The molecule has 3 aliphatic heterocycles. The molecule has 5 amide bonds. The molecule has 4 heterocycles. The maximum absolute atomic E-state index is 13.9. The summed E-state index contributed by atoms with van der Waals surface area (Å²) in [6, 6.07) is 32.4. The highest BCUT2D eigenvalue weighted by atomic mass is 19.4. The number of alkyl halides is 6. The third kappa shape index (κ3) is 19.7. The minimum Gasteiger partial charge on any atom is -0.446 e. The Labute approximate surface area is 574 Å². The zero-order valence-corrected chi connectivity index (χ0v) is 56.8. The van der Waals surface area contributed by atoms with E-state index in [4.69, 9.17) is 14.2 Å². The topological polar surface area (TPSA) is 182 Å². The van der Waals surface area contributed by atoms with Crippen LogP contribution in [0.25, 0.3) is 11.1 Å². The number of carbonyl (C=O) groups excluding carboxylic acids is 5. The van der Waals surface area contributed by atoms with Crippen LogP contribution in [0.2, 0.25) is 0 Å². The van der Waals surface area contributed by atoms with Gasteiger partial charge in [-0.1, -0.05) is 98.3 Å². The number of benzene rings is 5. The minimum atomic E-state index is -5.09. The van der Waals surface area contributed by atoms with Crippen molar-refractivity contribution in [1.82, 2.24) is 39.4 Å². The van der Waals surface area contributed by atoms with Gasteiger partial charge in [0.05, 0.1) is 35.0 Å². The number of likely N-dealkylation sites (tertiary alicyclic amines) is 2. The van der Waals surface area contributed by atoms with Crippen molar-refractivity contribution >= 4 is 41.4 Å². The fourth-order valence-electron chi connectivity index (χ4n) is 13.6. The highest BCUT2D eigenvalue weighted by Gasteiger charge is 2.50. The lowest BCUT2D eigenvalue weighted by Crippen LogP contribution is -2.49. The third-order valence-electron chi connectivity index (χ3n) is 19.4. The van der Waals surface area contributed by atoms with Gasteiger partial charge in [0.25, 0.3) is 11.8 Å². The van der Waals surface area contributed by atoms with Crippen molar-refractivity contribution in [1.29, 1.82) is 0 Å². The summed E-state index contributed by atoms with van der Waals surface area (Å²) < 4.78 is 113. The molecule has 1 aliphatic carbocycles. The van der Waals surface area contributed by atoms with Gasteiger partial charge >= 0.3 is 18.4 Å². The lowest BCUT2D eigenvalue weighted by atomic mass is 9.72. The molecule has 0 saturated carbocycles. The van der Waals surface area contributed by atoms with Crippen molar-refractivity contribution in [3.63, 3.8) is 0 Å². The number of nitrogens with zero attached hydrogens (tertiary/aromatic N) is 8. The van der Waals surface area contributed by atoms with Crippen molar-refractivity contribution in [2.24, 2.45) is 0 Å². The third-order valence-corrected chi connectivity index (χ3v) is 19.4. The van der Waals surface area contributed by atoms with Crippen LogP contribution in [0.4, 0.5) is 47.2 Å². The summed E-state index contributed by atoms with van der Waals surface area (Å²) in [5.41, 5.74) is 1.16. The SMILES string of the molecule is CCC(=O)N(C)CCCN(C)C(=O)c1cnc(NCCCCCC(=O)N(C)CCN2CCC(OC(=O)Nc3ccccc3-c3ccccc3)CC2)nc1.CO[C@H]1Cc2ccccc2C12CCN(CC[C@@]1(c3ccc(F)cc3)CN(C(=O)c3cc(C(F)(F)F)cc(C(F)(F)F)c3)CO1)CC2. The van der Waals surface area contributed by atoms with E-state index in [1.807, 2.05) is 80.7 Å². The number of nitrogens with one attached hydrogen (secondary N) is 2. The van der Waals surface area contributed by atoms with Crippen molar-refractivity contribution in [2.45, 2.75) is 120 Å². The highest BCUT2D eigenvalue weighted by Crippen LogP contribution is 2.48. The number of piperidine rings is 2. The van der Waals surface area contributed by atoms with E-state index in [0.717, 1.165) is 106 Å². The van der Waals surface area contributed by atoms with Crippen molar-refractivity contribution in [2.75, 3.05) is 118 Å². The van der Waals surface area contributed by atoms with Crippen molar-refractivity contribution in [3.8, 4) is 11.1 Å². The Hall–Kier alpha value is -8.52. The first-order valence-electron chi connectivity index (χ1n) is 33.8. The Balaban J connectivity index is 0.000000233. The molecule has 5 aromatic carbocycles. The number of amides is 5. The zero-order valence-electron chi connectivity index (χ0n) is 56.8. The fourth-order valence-corrected chi connectivity index (χ4v) is 13.6. The first-order valence-corrected chi connectivity index (χ1v) is 33.8. The van der Waals surface area contributed by atoms with Gasteiger partial charge in [0.1, 0.15) is 24.3 Å². The molecule has 1 aromatic heterocycles. The minimum absolute atomic E-state index is 0.0121. The predicted molar refractivity (Wildman–Crippen MR) is 362 cm³/mol. The van der Waals surface area contributed by atoms with Crippen LogP contribution in [0.3, 0.4) is 0 Å². The number of para-hydroxylation sites is 1. The largest absolute Gasteiger partial charge is 0.446 e. The quantitative estimate of drug-likeness (QED) is 0.0408. The predicted octanol–water partition coefficient (Wildman–Crippen LogP) is 12.8. The molecule has 0 bridgehead atoms. The smallest absolute Gasteiger partial charge is 0.416 e. The van der Waals surface area contributed by atoms with Gasteiger partial charge in [-0.3, -0.25) is 24.5 Å². The average Bonchev–Trinajstić information content (AvgIpc) is 1.61. The van der Waals surface area contributed by atoms with E-state index in [1.165, 1.54) is 47.8 Å². The van der Waals surface area contributed by atoms with Gasteiger partial charge in [-0.15, -0.1) is 0 Å². The van der Waals surface area contributed by atoms with Crippen molar-refractivity contribution in [3.05, 3.63) is 178 Å². The van der Waals surface area contributed by atoms with Crippen LogP contribution in [0.15, 0.2) is 134 Å². The summed E-state index contributed by atoms with van der Waals surface area (Å²) in [4.78, 5) is 82.7. The van der Waals surface area contributed by atoms with Crippen LogP contribution < -0.4 is 10.6 Å². The number of halogens is 7. The summed E-state index contributed by atoms with van der Waals surface area (Å²) in [5.74, 6) is -0.980. The number of unbranched alkanes of at least 4 members (excludes halogenated alkanes) is 2. The molecule has 3 saturated heterocycles. The zero-order chi connectivity index (χ0) is 70.9. The van der Waals surface area contributed by atoms with Gasteiger partial charge in [0.15, 0.2) is 0 Å². The van der Waals surface area contributed by atoms with E-state index in [9.17, 15) is 54.7 Å². The summed E-state index contributed by atoms with van der Waals surface area (Å²) in [7, 11) is 7.10. The number of rotatable bonds is 25.